The first-order chi connectivity index (χ1) is 11.0. The van der Waals surface area contributed by atoms with Crippen molar-refractivity contribution >= 4 is 6.21 Å². The van der Waals surface area contributed by atoms with Crippen LogP contribution in [0.2, 0.25) is 0 Å². The van der Waals surface area contributed by atoms with Crippen molar-refractivity contribution in [3.05, 3.63) is 23.3 Å². The molecule has 0 radical (unpaired) electrons. The van der Waals surface area contributed by atoms with E-state index in [-0.39, 0.29) is 16.7 Å². The Bertz CT molecular complexity index is 527. The zero-order chi connectivity index (χ0) is 18.1. The van der Waals surface area contributed by atoms with Crippen LogP contribution in [0, 0.1) is 22.7 Å². The summed E-state index contributed by atoms with van der Waals surface area (Å²) in [5.41, 5.74) is 2.41. The van der Waals surface area contributed by atoms with Gasteiger partial charge in [-0.3, -0.25) is 4.99 Å². The van der Waals surface area contributed by atoms with E-state index >= 15 is 0 Å². The SMILES string of the molecule is CC1CCCCC1N=CC1=CC(C(C)(C)C)=C[C@H](C(C)(C)C)[C@@H]1O. The summed E-state index contributed by atoms with van der Waals surface area (Å²) in [5, 5.41) is 10.9. The van der Waals surface area contributed by atoms with Gasteiger partial charge in [-0.1, -0.05) is 73.5 Å². The van der Waals surface area contributed by atoms with Gasteiger partial charge in [0, 0.05) is 12.1 Å². The van der Waals surface area contributed by atoms with E-state index in [0.717, 1.165) is 5.57 Å². The van der Waals surface area contributed by atoms with Gasteiger partial charge >= 0.3 is 0 Å². The Morgan fingerprint density at radius 3 is 2.25 bits per heavy atom. The molecule has 4 atom stereocenters. The van der Waals surface area contributed by atoms with Gasteiger partial charge in [-0.2, -0.15) is 0 Å². The molecule has 0 spiro atoms. The van der Waals surface area contributed by atoms with E-state index in [0.29, 0.717) is 12.0 Å². The third-order valence-electron chi connectivity index (χ3n) is 5.71. The average molecular weight is 332 g/mol. The molecule has 2 heteroatoms. The molecule has 0 saturated heterocycles. The van der Waals surface area contributed by atoms with Crippen LogP contribution in [-0.4, -0.2) is 23.5 Å². The van der Waals surface area contributed by atoms with E-state index in [9.17, 15) is 5.11 Å². The van der Waals surface area contributed by atoms with Gasteiger partial charge in [0.2, 0.25) is 0 Å². The molecule has 0 amide bonds. The Morgan fingerprint density at radius 2 is 1.71 bits per heavy atom. The fourth-order valence-corrected chi connectivity index (χ4v) is 3.81. The van der Waals surface area contributed by atoms with Crippen molar-refractivity contribution in [1.82, 2.24) is 0 Å². The molecule has 136 valence electrons. The Balaban J connectivity index is 2.29. The summed E-state index contributed by atoms with van der Waals surface area (Å²) < 4.78 is 0. The number of allylic oxidation sites excluding steroid dienone is 2. The van der Waals surface area contributed by atoms with Crippen LogP contribution in [0.3, 0.4) is 0 Å². The van der Waals surface area contributed by atoms with Gasteiger partial charge < -0.3 is 5.11 Å². The fraction of sp³-hybridized carbons (Fsp3) is 0.773. The largest absolute Gasteiger partial charge is 0.388 e. The predicted octanol–water partition coefficient (Wildman–Crippen LogP) is 5.57. The number of hydrogen-bond acceptors (Lipinski definition) is 2. The van der Waals surface area contributed by atoms with Gasteiger partial charge in [-0.05, 0) is 40.7 Å². The predicted molar refractivity (Wildman–Crippen MR) is 104 cm³/mol. The molecule has 0 aromatic carbocycles. The molecule has 2 unspecified atom stereocenters. The Hall–Kier alpha value is -0.890. The smallest absolute Gasteiger partial charge is 0.0872 e. The van der Waals surface area contributed by atoms with Crippen LogP contribution < -0.4 is 0 Å². The number of aliphatic hydroxyl groups is 1. The molecule has 0 aliphatic heterocycles. The van der Waals surface area contributed by atoms with E-state index < -0.39 is 6.10 Å². The first-order valence-corrected chi connectivity index (χ1v) is 9.65. The second kappa shape index (κ2) is 7.15. The summed E-state index contributed by atoms with van der Waals surface area (Å²) in [6.45, 7) is 15.7. The van der Waals surface area contributed by atoms with Crippen LogP contribution in [0.25, 0.3) is 0 Å². The molecule has 2 nitrogen and oxygen atoms in total. The van der Waals surface area contributed by atoms with Crippen LogP contribution in [0.5, 0.6) is 0 Å². The van der Waals surface area contributed by atoms with Crippen molar-refractivity contribution in [3.8, 4) is 0 Å². The molecule has 1 fully saturated rings. The highest BCUT2D eigenvalue weighted by Gasteiger charge is 2.35. The highest BCUT2D eigenvalue weighted by Crippen LogP contribution is 2.40. The summed E-state index contributed by atoms with van der Waals surface area (Å²) in [7, 11) is 0. The number of aliphatic imine (C=N–C) groups is 1. The minimum absolute atomic E-state index is 0.0292. The molecule has 2 aliphatic rings. The van der Waals surface area contributed by atoms with Crippen LogP contribution in [0.4, 0.5) is 0 Å². The van der Waals surface area contributed by atoms with Crippen molar-refractivity contribution in [2.75, 3.05) is 0 Å². The summed E-state index contributed by atoms with van der Waals surface area (Å²) in [6.07, 6.45) is 11.1. The first kappa shape index (κ1) is 19.4. The zero-order valence-electron chi connectivity index (χ0n) is 16.8. The number of rotatable bonds is 2. The minimum Gasteiger partial charge on any atom is -0.388 e. The molecule has 2 aliphatic carbocycles. The second-order valence-corrected chi connectivity index (χ2v) is 9.96. The van der Waals surface area contributed by atoms with Gasteiger partial charge in [-0.15, -0.1) is 0 Å². The lowest BCUT2D eigenvalue weighted by Crippen LogP contribution is -2.36. The highest BCUT2D eigenvalue weighted by atomic mass is 16.3. The monoisotopic (exact) mass is 331 g/mol. The van der Waals surface area contributed by atoms with Crippen LogP contribution in [0.1, 0.15) is 74.1 Å². The standard InChI is InChI=1S/C22H37NO/c1-15-10-8-9-11-19(15)23-14-16-12-17(21(2,3)4)13-18(20(16)24)22(5,6)7/h12-15,18-20,24H,8-11H2,1-7H3/t15?,18-,19?,20+/m0/s1. The van der Waals surface area contributed by atoms with Crippen LogP contribution in [0.15, 0.2) is 28.3 Å². The molecule has 0 bridgehead atoms. The third kappa shape index (κ3) is 4.59. The number of aliphatic hydroxyl groups excluding tert-OH is 1. The lowest BCUT2D eigenvalue weighted by Gasteiger charge is -2.38. The van der Waals surface area contributed by atoms with Crippen molar-refractivity contribution in [2.45, 2.75) is 86.3 Å². The van der Waals surface area contributed by atoms with Crippen LogP contribution >= 0.6 is 0 Å². The Kier molecular flexibility index (Phi) is 5.79. The summed E-state index contributed by atoms with van der Waals surface area (Å²) in [4.78, 5) is 4.89. The molecule has 0 aromatic heterocycles. The molecular weight excluding hydrogens is 294 g/mol. The Morgan fingerprint density at radius 1 is 1.08 bits per heavy atom. The second-order valence-electron chi connectivity index (χ2n) is 9.96. The minimum atomic E-state index is -0.459. The highest BCUT2D eigenvalue weighted by molar-refractivity contribution is 5.82. The van der Waals surface area contributed by atoms with Gasteiger partial charge in [0.15, 0.2) is 0 Å². The molecule has 0 heterocycles. The summed E-state index contributed by atoms with van der Waals surface area (Å²) >= 11 is 0. The van der Waals surface area contributed by atoms with Gasteiger partial charge in [0.05, 0.1) is 12.1 Å². The van der Waals surface area contributed by atoms with E-state index in [2.05, 4.69) is 60.6 Å². The summed E-state index contributed by atoms with van der Waals surface area (Å²) in [6, 6.07) is 0.420. The summed E-state index contributed by atoms with van der Waals surface area (Å²) in [5.74, 6) is 0.786. The van der Waals surface area contributed by atoms with E-state index in [1.54, 1.807) is 0 Å². The maximum absolute atomic E-state index is 10.9. The fourth-order valence-electron chi connectivity index (χ4n) is 3.81. The van der Waals surface area contributed by atoms with Gasteiger partial charge in [0.1, 0.15) is 0 Å². The lowest BCUT2D eigenvalue weighted by molar-refractivity contribution is 0.100. The van der Waals surface area contributed by atoms with E-state index in [1.165, 1.54) is 31.3 Å². The quantitative estimate of drug-likeness (QED) is 0.659. The average Bonchev–Trinajstić information content (AvgIpc) is 2.45. The normalized spacial score (nSPS) is 32.7. The topological polar surface area (TPSA) is 32.6 Å². The van der Waals surface area contributed by atoms with Crippen molar-refractivity contribution < 1.29 is 5.11 Å². The lowest BCUT2D eigenvalue weighted by atomic mass is 9.69. The van der Waals surface area contributed by atoms with Gasteiger partial charge in [0.25, 0.3) is 0 Å². The van der Waals surface area contributed by atoms with Crippen molar-refractivity contribution in [2.24, 2.45) is 27.7 Å². The van der Waals surface area contributed by atoms with Crippen molar-refractivity contribution in [3.63, 3.8) is 0 Å². The molecular formula is C22H37NO. The maximum Gasteiger partial charge on any atom is 0.0872 e. The zero-order valence-corrected chi connectivity index (χ0v) is 16.8. The molecule has 2 rings (SSSR count). The van der Waals surface area contributed by atoms with Crippen LogP contribution in [-0.2, 0) is 0 Å². The van der Waals surface area contributed by atoms with Crippen molar-refractivity contribution in [1.29, 1.82) is 0 Å². The third-order valence-corrected chi connectivity index (χ3v) is 5.71. The number of nitrogens with zero attached hydrogens (tertiary/aromatic N) is 1. The molecule has 24 heavy (non-hydrogen) atoms. The first-order valence-electron chi connectivity index (χ1n) is 9.65. The molecule has 0 aromatic rings. The Labute approximate surface area is 149 Å². The van der Waals surface area contributed by atoms with E-state index in [1.807, 2.05) is 6.21 Å². The molecule has 1 N–H and O–H groups in total. The van der Waals surface area contributed by atoms with E-state index in [4.69, 9.17) is 4.99 Å². The number of hydrogen-bond donors (Lipinski definition) is 1. The molecule has 1 saturated carbocycles. The van der Waals surface area contributed by atoms with Gasteiger partial charge in [-0.25, -0.2) is 0 Å². The maximum atomic E-state index is 10.9.